The molecule has 0 saturated heterocycles. The molecule has 0 aromatic rings. The molecule has 0 rings (SSSR count). The number of quaternary nitrogens is 1. The number of hydrogen-bond acceptors (Lipinski definition) is 2. The van der Waals surface area contributed by atoms with E-state index in [1.807, 2.05) is 0 Å². The van der Waals surface area contributed by atoms with E-state index in [4.69, 9.17) is 4.74 Å². The van der Waals surface area contributed by atoms with Gasteiger partial charge in [-0.15, -0.1) is 0 Å². The summed E-state index contributed by atoms with van der Waals surface area (Å²) in [6.45, 7) is 5.01. The zero-order valence-corrected chi connectivity index (χ0v) is 9.58. The molecule has 0 aliphatic heterocycles. The molecule has 0 heterocycles. The van der Waals surface area contributed by atoms with Crippen LogP contribution in [0, 0.1) is 0 Å². The van der Waals surface area contributed by atoms with Gasteiger partial charge in [0.15, 0.2) is 0 Å². The number of carbonyl (C=O) groups is 1. The van der Waals surface area contributed by atoms with E-state index in [1.165, 1.54) is 12.5 Å². The molecular formula is C11H22NO2+. The summed E-state index contributed by atoms with van der Waals surface area (Å²) in [5, 5.41) is 0. The van der Waals surface area contributed by atoms with Crippen LogP contribution in [0.25, 0.3) is 0 Å². The molecule has 0 saturated carbocycles. The second-order valence-electron chi connectivity index (χ2n) is 4.45. The van der Waals surface area contributed by atoms with Crippen LogP contribution in [0.15, 0.2) is 12.7 Å². The molecule has 0 aliphatic carbocycles. The standard InChI is InChI=1S/C11H22NO2/c1-5-11(13)14-10-8-6-7-9-12(2,3)4/h5H,1,6-10H2,2-4H3/q+1. The number of ether oxygens (including phenoxy) is 1. The van der Waals surface area contributed by atoms with Crippen molar-refractivity contribution in [1.29, 1.82) is 0 Å². The summed E-state index contributed by atoms with van der Waals surface area (Å²) in [5.74, 6) is -0.323. The molecule has 0 unspecified atom stereocenters. The molecule has 0 spiro atoms. The number of nitrogens with zero attached hydrogens (tertiary/aromatic N) is 1. The average molecular weight is 200 g/mol. The molecule has 0 bridgehead atoms. The van der Waals surface area contributed by atoms with Crippen LogP contribution < -0.4 is 0 Å². The summed E-state index contributed by atoms with van der Waals surface area (Å²) >= 11 is 0. The van der Waals surface area contributed by atoms with Gasteiger partial charge in [0.05, 0.1) is 34.3 Å². The third-order valence-corrected chi connectivity index (χ3v) is 1.88. The van der Waals surface area contributed by atoms with Crippen molar-refractivity contribution in [3.63, 3.8) is 0 Å². The normalized spacial score (nSPS) is 11.1. The first-order valence-electron chi connectivity index (χ1n) is 5.05. The highest BCUT2D eigenvalue weighted by Crippen LogP contribution is 2.00. The summed E-state index contributed by atoms with van der Waals surface area (Å²) < 4.78 is 5.85. The Morgan fingerprint density at radius 2 is 1.93 bits per heavy atom. The maximum Gasteiger partial charge on any atom is 0.330 e. The molecule has 14 heavy (non-hydrogen) atoms. The van der Waals surface area contributed by atoms with Crippen LogP contribution in [-0.2, 0) is 9.53 Å². The van der Waals surface area contributed by atoms with Crippen molar-refractivity contribution in [1.82, 2.24) is 0 Å². The Morgan fingerprint density at radius 3 is 2.43 bits per heavy atom. The Balaban J connectivity index is 3.22. The lowest BCUT2D eigenvalue weighted by molar-refractivity contribution is -0.870. The van der Waals surface area contributed by atoms with Crippen molar-refractivity contribution in [2.75, 3.05) is 34.3 Å². The van der Waals surface area contributed by atoms with Crippen LogP contribution in [0.3, 0.4) is 0 Å². The van der Waals surface area contributed by atoms with Crippen LogP contribution in [0.1, 0.15) is 19.3 Å². The van der Waals surface area contributed by atoms with Gasteiger partial charge in [-0.05, 0) is 19.3 Å². The molecule has 3 heteroatoms. The minimum atomic E-state index is -0.323. The highest BCUT2D eigenvalue weighted by atomic mass is 16.5. The fourth-order valence-corrected chi connectivity index (χ4v) is 1.10. The Labute approximate surface area is 86.9 Å². The third-order valence-electron chi connectivity index (χ3n) is 1.88. The number of esters is 1. The summed E-state index contributed by atoms with van der Waals surface area (Å²) in [6.07, 6.45) is 4.43. The Hall–Kier alpha value is -0.830. The summed E-state index contributed by atoms with van der Waals surface area (Å²) in [6, 6.07) is 0. The molecule has 0 aliphatic rings. The molecule has 3 nitrogen and oxygen atoms in total. The molecular weight excluding hydrogens is 178 g/mol. The van der Waals surface area contributed by atoms with Crippen molar-refractivity contribution in [2.24, 2.45) is 0 Å². The van der Waals surface area contributed by atoms with Crippen LogP contribution in [-0.4, -0.2) is 44.7 Å². The van der Waals surface area contributed by atoms with E-state index in [0.29, 0.717) is 6.61 Å². The molecule has 0 N–H and O–H groups in total. The molecule has 0 fully saturated rings. The van der Waals surface area contributed by atoms with Gasteiger partial charge in [0.2, 0.25) is 0 Å². The van der Waals surface area contributed by atoms with E-state index in [-0.39, 0.29) is 5.97 Å². The lowest BCUT2D eigenvalue weighted by Gasteiger charge is -2.23. The fourth-order valence-electron chi connectivity index (χ4n) is 1.10. The van der Waals surface area contributed by atoms with E-state index in [1.54, 1.807) is 0 Å². The van der Waals surface area contributed by atoms with E-state index in [0.717, 1.165) is 23.9 Å². The van der Waals surface area contributed by atoms with Crippen molar-refractivity contribution < 1.29 is 14.0 Å². The van der Waals surface area contributed by atoms with Crippen LogP contribution in [0.2, 0.25) is 0 Å². The van der Waals surface area contributed by atoms with E-state index in [9.17, 15) is 4.79 Å². The highest BCUT2D eigenvalue weighted by Gasteiger charge is 2.05. The minimum absolute atomic E-state index is 0.323. The van der Waals surface area contributed by atoms with E-state index in [2.05, 4.69) is 27.7 Å². The van der Waals surface area contributed by atoms with E-state index >= 15 is 0 Å². The monoisotopic (exact) mass is 200 g/mol. The zero-order valence-electron chi connectivity index (χ0n) is 9.58. The number of hydrogen-bond donors (Lipinski definition) is 0. The highest BCUT2D eigenvalue weighted by molar-refractivity contribution is 5.81. The largest absolute Gasteiger partial charge is 0.463 e. The molecule has 0 aromatic heterocycles. The van der Waals surface area contributed by atoms with E-state index < -0.39 is 0 Å². The summed E-state index contributed by atoms with van der Waals surface area (Å²) in [7, 11) is 6.53. The Bertz CT molecular complexity index is 182. The summed E-state index contributed by atoms with van der Waals surface area (Å²) in [4.78, 5) is 10.7. The quantitative estimate of drug-likeness (QED) is 0.270. The predicted octanol–water partition coefficient (Wildman–Crippen LogP) is 1.59. The first-order valence-corrected chi connectivity index (χ1v) is 5.05. The molecule has 0 radical (unpaired) electrons. The first-order chi connectivity index (χ1) is 6.45. The fraction of sp³-hybridized carbons (Fsp3) is 0.727. The zero-order chi connectivity index (χ0) is 11.0. The van der Waals surface area contributed by atoms with Crippen molar-refractivity contribution >= 4 is 5.97 Å². The SMILES string of the molecule is C=CC(=O)OCCCCC[N+](C)(C)C. The molecule has 0 atom stereocenters. The van der Waals surface area contributed by atoms with Gasteiger partial charge in [-0.3, -0.25) is 0 Å². The second kappa shape index (κ2) is 6.60. The van der Waals surface area contributed by atoms with Crippen molar-refractivity contribution in [3.8, 4) is 0 Å². The molecule has 0 amide bonds. The van der Waals surface area contributed by atoms with Crippen molar-refractivity contribution in [2.45, 2.75) is 19.3 Å². The maximum absolute atomic E-state index is 10.7. The Kier molecular flexibility index (Phi) is 6.21. The Morgan fingerprint density at radius 1 is 1.29 bits per heavy atom. The number of rotatable bonds is 7. The average Bonchev–Trinajstić information content (AvgIpc) is 2.08. The second-order valence-corrected chi connectivity index (χ2v) is 4.45. The van der Waals surface area contributed by atoms with Crippen molar-refractivity contribution in [3.05, 3.63) is 12.7 Å². The van der Waals surface area contributed by atoms with Gasteiger partial charge in [0, 0.05) is 6.08 Å². The number of unbranched alkanes of at least 4 members (excludes halogenated alkanes) is 2. The van der Waals surface area contributed by atoms with Gasteiger partial charge in [-0.25, -0.2) is 4.79 Å². The van der Waals surface area contributed by atoms with Gasteiger partial charge in [-0.1, -0.05) is 6.58 Å². The van der Waals surface area contributed by atoms with Crippen LogP contribution in [0.4, 0.5) is 0 Å². The lowest BCUT2D eigenvalue weighted by Crippen LogP contribution is -2.35. The van der Waals surface area contributed by atoms with Gasteiger partial charge in [0.1, 0.15) is 0 Å². The summed E-state index contributed by atoms with van der Waals surface area (Å²) in [5.41, 5.74) is 0. The topological polar surface area (TPSA) is 26.3 Å². The minimum Gasteiger partial charge on any atom is -0.463 e. The molecule has 82 valence electrons. The number of carbonyl (C=O) groups excluding carboxylic acids is 1. The van der Waals surface area contributed by atoms with Crippen LogP contribution in [0.5, 0.6) is 0 Å². The molecule has 0 aromatic carbocycles. The van der Waals surface area contributed by atoms with Crippen LogP contribution >= 0.6 is 0 Å². The maximum atomic E-state index is 10.7. The van der Waals surface area contributed by atoms with Gasteiger partial charge >= 0.3 is 5.97 Å². The lowest BCUT2D eigenvalue weighted by atomic mass is 10.2. The van der Waals surface area contributed by atoms with Gasteiger partial charge < -0.3 is 9.22 Å². The smallest absolute Gasteiger partial charge is 0.330 e. The predicted molar refractivity (Wildman–Crippen MR) is 57.9 cm³/mol. The van der Waals surface area contributed by atoms with Gasteiger partial charge in [0.25, 0.3) is 0 Å². The third kappa shape index (κ3) is 9.26. The van der Waals surface area contributed by atoms with Gasteiger partial charge in [-0.2, -0.15) is 0 Å². The first kappa shape index (κ1) is 13.2.